The van der Waals surface area contributed by atoms with E-state index in [0.717, 1.165) is 11.6 Å². The highest BCUT2D eigenvalue weighted by Crippen LogP contribution is 2.36. The molecule has 29 heavy (non-hydrogen) atoms. The Hall–Kier alpha value is -3.43. The summed E-state index contributed by atoms with van der Waals surface area (Å²) in [5.74, 6) is -0.280. The highest BCUT2D eigenvalue weighted by molar-refractivity contribution is 5.66. The molecule has 1 aromatic carbocycles. The molecule has 0 aliphatic rings. The molecular formula is C19H19F2N7O. The van der Waals surface area contributed by atoms with Crippen LogP contribution in [0.4, 0.5) is 8.78 Å². The fourth-order valence-corrected chi connectivity index (χ4v) is 3.10. The SMILES string of the molecule is Cn1ncnc1COc1nn2c(-c3ccc(F)cc3F)nncc2c1C(C)(C)C. The molecule has 3 aromatic heterocycles. The summed E-state index contributed by atoms with van der Waals surface area (Å²) in [5.41, 5.74) is 1.16. The fraction of sp³-hybridized carbons (Fsp3) is 0.316. The van der Waals surface area contributed by atoms with Crippen molar-refractivity contribution in [1.82, 2.24) is 34.6 Å². The van der Waals surface area contributed by atoms with E-state index < -0.39 is 11.6 Å². The zero-order valence-electron chi connectivity index (χ0n) is 16.4. The Morgan fingerprint density at radius 3 is 2.62 bits per heavy atom. The van der Waals surface area contributed by atoms with E-state index in [2.05, 4.69) is 25.4 Å². The topological polar surface area (TPSA) is 83.0 Å². The molecular weight excluding hydrogens is 380 g/mol. The molecule has 0 radical (unpaired) electrons. The van der Waals surface area contributed by atoms with E-state index in [-0.39, 0.29) is 23.4 Å². The Labute approximate surface area is 165 Å². The zero-order chi connectivity index (χ0) is 20.8. The van der Waals surface area contributed by atoms with Crippen molar-refractivity contribution in [2.24, 2.45) is 7.05 Å². The summed E-state index contributed by atoms with van der Waals surface area (Å²) >= 11 is 0. The lowest BCUT2D eigenvalue weighted by atomic mass is 9.88. The van der Waals surface area contributed by atoms with Gasteiger partial charge in [0, 0.05) is 18.7 Å². The average Bonchev–Trinajstić information content (AvgIpc) is 3.22. The van der Waals surface area contributed by atoms with Crippen LogP contribution in [0.15, 0.2) is 30.7 Å². The molecule has 10 heteroatoms. The average molecular weight is 399 g/mol. The number of nitrogens with zero attached hydrogens (tertiary/aromatic N) is 7. The number of benzene rings is 1. The van der Waals surface area contributed by atoms with Gasteiger partial charge in [-0.15, -0.1) is 10.2 Å². The largest absolute Gasteiger partial charge is 0.468 e. The summed E-state index contributed by atoms with van der Waals surface area (Å²) < 4.78 is 36.7. The van der Waals surface area contributed by atoms with Crippen LogP contribution in [0.2, 0.25) is 0 Å². The molecule has 0 atom stereocenters. The molecule has 8 nitrogen and oxygen atoms in total. The zero-order valence-corrected chi connectivity index (χ0v) is 16.4. The fourth-order valence-electron chi connectivity index (χ4n) is 3.10. The van der Waals surface area contributed by atoms with Crippen LogP contribution in [0, 0.1) is 11.6 Å². The predicted octanol–water partition coefficient (Wildman–Crippen LogP) is 3.07. The number of ether oxygens (including phenoxy) is 1. The molecule has 3 heterocycles. The van der Waals surface area contributed by atoms with Crippen molar-refractivity contribution in [2.75, 3.05) is 0 Å². The van der Waals surface area contributed by atoms with Gasteiger partial charge in [-0.2, -0.15) is 10.2 Å². The molecule has 4 aromatic rings. The summed E-state index contributed by atoms with van der Waals surface area (Å²) in [5, 5.41) is 16.6. The summed E-state index contributed by atoms with van der Waals surface area (Å²) in [6.45, 7) is 6.19. The first kappa shape index (κ1) is 18.9. The lowest BCUT2D eigenvalue weighted by Crippen LogP contribution is -2.14. The standard InChI is InChI=1S/C19H19F2N7O/c1-19(2,3)16-14-8-23-25-17(12-6-5-11(20)7-13(12)21)28(14)26-18(16)29-9-15-22-10-24-27(15)4/h5-8,10H,9H2,1-4H3. The van der Waals surface area contributed by atoms with Crippen LogP contribution in [0.25, 0.3) is 16.9 Å². The molecule has 4 rings (SSSR count). The number of rotatable bonds is 4. The van der Waals surface area contributed by atoms with E-state index >= 15 is 0 Å². The van der Waals surface area contributed by atoms with E-state index in [9.17, 15) is 8.78 Å². The van der Waals surface area contributed by atoms with Gasteiger partial charge in [0.1, 0.15) is 24.6 Å². The van der Waals surface area contributed by atoms with Crippen LogP contribution in [0.1, 0.15) is 32.2 Å². The van der Waals surface area contributed by atoms with Crippen molar-refractivity contribution in [2.45, 2.75) is 32.8 Å². The summed E-state index contributed by atoms with van der Waals surface area (Å²) in [4.78, 5) is 4.14. The third-order valence-corrected chi connectivity index (χ3v) is 4.49. The van der Waals surface area contributed by atoms with Gasteiger partial charge in [0.2, 0.25) is 5.88 Å². The minimum atomic E-state index is -0.749. The van der Waals surface area contributed by atoms with E-state index in [1.54, 1.807) is 17.9 Å². The van der Waals surface area contributed by atoms with E-state index in [0.29, 0.717) is 17.2 Å². The van der Waals surface area contributed by atoms with Crippen molar-refractivity contribution in [3.8, 4) is 17.3 Å². The maximum Gasteiger partial charge on any atom is 0.238 e. The van der Waals surface area contributed by atoms with E-state index in [1.165, 1.54) is 23.0 Å². The second-order valence-corrected chi connectivity index (χ2v) is 7.61. The number of fused-ring (bicyclic) bond motifs is 1. The molecule has 0 bridgehead atoms. The van der Waals surface area contributed by atoms with Gasteiger partial charge in [-0.3, -0.25) is 4.68 Å². The van der Waals surface area contributed by atoms with Gasteiger partial charge in [0.25, 0.3) is 0 Å². The highest BCUT2D eigenvalue weighted by atomic mass is 19.1. The third kappa shape index (κ3) is 3.41. The monoisotopic (exact) mass is 399 g/mol. The summed E-state index contributed by atoms with van der Waals surface area (Å²) in [6.07, 6.45) is 2.99. The van der Waals surface area contributed by atoms with Crippen molar-refractivity contribution < 1.29 is 13.5 Å². The number of aromatic nitrogens is 7. The maximum absolute atomic E-state index is 14.4. The third-order valence-electron chi connectivity index (χ3n) is 4.49. The van der Waals surface area contributed by atoms with Crippen molar-refractivity contribution >= 4 is 5.52 Å². The van der Waals surface area contributed by atoms with Crippen molar-refractivity contribution in [1.29, 1.82) is 0 Å². The molecule has 0 saturated carbocycles. The Balaban J connectivity index is 1.86. The molecule has 0 amide bonds. The first-order valence-electron chi connectivity index (χ1n) is 8.91. The Morgan fingerprint density at radius 2 is 1.97 bits per heavy atom. The predicted molar refractivity (Wildman–Crippen MR) is 100 cm³/mol. The van der Waals surface area contributed by atoms with Crippen LogP contribution in [0.5, 0.6) is 5.88 Å². The Morgan fingerprint density at radius 1 is 1.17 bits per heavy atom. The van der Waals surface area contributed by atoms with Gasteiger partial charge in [-0.1, -0.05) is 20.8 Å². The first-order chi connectivity index (χ1) is 13.8. The molecule has 0 N–H and O–H groups in total. The van der Waals surface area contributed by atoms with Crippen LogP contribution in [-0.2, 0) is 19.1 Å². The van der Waals surface area contributed by atoms with E-state index in [1.807, 2.05) is 20.8 Å². The number of halogens is 2. The van der Waals surface area contributed by atoms with Gasteiger partial charge in [-0.25, -0.2) is 18.3 Å². The second-order valence-electron chi connectivity index (χ2n) is 7.61. The van der Waals surface area contributed by atoms with Crippen LogP contribution >= 0.6 is 0 Å². The van der Waals surface area contributed by atoms with Crippen LogP contribution < -0.4 is 4.74 Å². The van der Waals surface area contributed by atoms with Gasteiger partial charge >= 0.3 is 0 Å². The molecule has 0 spiro atoms. The number of hydrogen-bond acceptors (Lipinski definition) is 6. The van der Waals surface area contributed by atoms with E-state index in [4.69, 9.17) is 4.74 Å². The van der Waals surface area contributed by atoms with Crippen molar-refractivity contribution in [3.05, 3.63) is 53.7 Å². The molecule has 0 aliphatic carbocycles. The summed E-state index contributed by atoms with van der Waals surface area (Å²) in [7, 11) is 1.77. The minimum absolute atomic E-state index is 0.0901. The maximum atomic E-state index is 14.4. The summed E-state index contributed by atoms with van der Waals surface area (Å²) in [6, 6.07) is 3.28. The molecule has 0 unspecified atom stereocenters. The van der Waals surface area contributed by atoms with Gasteiger partial charge in [0.15, 0.2) is 11.6 Å². The van der Waals surface area contributed by atoms with Crippen molar-refractivity contribution in [3.63, 3.8) is 0 Å². The lowest BCUT2D eigenvalue weighted by Gasteiger charge is -2.18. The number of aryl methyl sites for hydroxylation is 1. The highest BCUT2D eigenvalue weighted by Gasteiger charge is 2.28. The van der Waals surface area contributed by atoms with Gasteiger partial charge in [-0.05, 0) is 17.5 Å². The first-order valence-corrected chi connectivity index (χ1v) is 8.91. The number of hydrogen-bond donors (Lipinski definition) is 0. The molecule has 0 saturated heterocycles. The minimum Gasteiger partial charge on any atom is -0.468 e. The van der Waals surface area contributed by atoms with Gasteiger partial charge < -0.3 is 4.74 Å². The van der Waals surface area contributed by atoms with Crippen LogP contribution in [-0.4, -0.2) is 34.6 Å². The Kier molecular flexibility index (Phi) is 4.48. The Bertz CT molecular complexity index is 1190. The smallest absolute Gasteiger partial charge is 0.238 e. The molecule has 0 fully saturated rings. The normalized spacial score (nSPS) is 11.9. The quantitative estimate of drug-likeness (QED) is 0.525. The molecule has 0 aliphatic heterocycles. The van der Waals surface area contributed by atoms with Gasteiger partial charge in [0.05, 0.1) is 17.3 Å². The molecule has 150 valence electrons. The lowest BCUT2D eigenvalue weighted by molar-refractivity contribution is 0.270. The van der Waals surface area contributed by atoms with Crippen LogP contribution in [0.3, 0.4) is 0 Å². The second kappa shape index (κ2) is 6.87.